The molecule has 1 aromatic heterocycles. The first-order valence-electron chi connectivity index (χ1n) is 7.05. The largest absolute Gasteiger partial charge is 0.465 e. The molecular weight excluding hydrogens is 292 g/mol. The summed E-state index contributed by atoms with van der Waals surface area (Å²) in [4.78, 5) is 23.6. The highest BCUT2D eigenvalue weighted by molar-refractivity contribution is 7.99. The zero-order chi connectivity index (χ0) is 16.0. The van der Waals surface area contributed by atoms with E-state index in [0.29, 0.717) is 24.7 Å². The third-order valence-electron chi connectivity index (χ3n) is 3.32. The summed E-state index contributed by atoms with van der Waals surface area (Å²) in [6, 6.07) is 0. The number of thioether (sulfide) groups is 1. The first kappa shape index (κ1) is 17.8. The molecule has 0 amide bonds. The maximum Gasteiger partial charge on any atom is 0.343 e. The van der Waals surface area contributed by atoms with Crippen LogP contribution in [0.3, 0.4) is 0 Å². The topological polar surface area (TPSA) is 89.0 Å². The van der Waals surface area contributed by atoms with Crippen molar-refractivity contribution in [3.63, 3.8) is 0 Å². The lowest BCUT2D eigenvalue weighted by Gasteiger charge is -2.29. The number of esters is 1. The number of carbonyl (C=O) groups is 1. The smallest absolute Gasteiger partial charge is 0.343 e. The molecule has 0 fully saturated rings. The summed E-state index contributed by atoms with van der Waals surface area (Å²) in [6.45, 7) is 8.41. The second-order valence-electron chi connectivity index (χ2n) is 4.99. The van der Waals surface area contributed by atoms with E-state index >= 15 is 0 Å². The van der Waals surface area contributed by atoms with Crippen LogP contribution in [0.15, 0.2) is 9.95 Å². The number of likely N-dealkylation sites (N-methyl/N-ethyl adjacent to an activating group) is 1. The number of nitrogens with zero attached hydrogens (tertiary/aromatic N) is 2. The molecule has 0 saturated heterocycles. The van der Waals surface area contributed by atoms with Crippen LogP contribution in [-0.2, 0) is 16.1 Å². The Kier molecular flexibility index (Phi) is 6.47. The Morgan fingerprint density at radius 3 is 2.76 bits per heavy atom. The Bertz CT molecular complexity index is 528. The molecular formula is C13H24N4O3S. The number of carbonyl (C=O) groups excluding carboxylic acids is 1. The summed E-state index contributed by atoms with van der Waals surface area (Å²) < 4.78 is 6.68. The summed E-state index contributed by atoms with van der Waals surface area (Å²) in [7, 11) is 1.74. The van der Waals surface area contributed by atoms with E-state index in [0.717, 1.165) is 0 Å². The van der Waals surface area contributed by atoms with Crippen molar-refractivity contribution in [1.29, 1.82) is 0 Å². The molecule has 2 atom stereocenters. The molecule has 1 rings (SSSR count). The van der Waals surface area contributed by atoms with Gasteiger partial charge in [0.2, 0.25) is 0 Å². The van der Waals surface area contributed by atoms with Crippen molar-refractivity contribution in [3.05, 3.63) is 10.5 Å². The van der Waals surface area contributed by atoms with Crippen molar-refractivity contribution < 1.29 is 9.53 Å². The third-order valence-corrected chi connectivity index (χ3v) is 4.41. The van der Waals surface area contributed by atoms with Gasteiger partial charge in [-0.2, -0.15) is 0 Å². The minimum absolute atomic E-state index is 0.0901. The lowest BCUT2D eigenvalue weighted by Crippen LogP contribution is -2.50. The average Bonchev–Trinajstić information content (AvgIpc) is 2.78. The molecule has 0 bridgehead atoms. The molecule has 21 heavy (non-hydrogen) atoms. The lowest BCUT2D eigenvalue weighted by atomic mass is 9.96. The molecule has 0 aliphatic carbocycles. The number of aromatic amines is 1. The molecule has 7 nitrogen and oxygen atoms in total. The van der Waals surface area contributed by atoms with Crippen LogP contribution in [-0.4, -0.2) is 45.2 Å². The number of aromatic nitrogens is 3. The number of nitrogens with one attached hydrogen (secondary N) is 2. The Morgan fingerprint density at radius 1 is 1.57 bits per heavy atom. The zero-order valence-corrected chi connectivity index (χ0v) is 14.0. The van der Waals surface area contributed by atoms with Gasteiger partial charge in [-0.05, 0) is 34.2 Å². The molecule has 0 aliphatic rings. The van der Waals surface area contributed by atoms with Gasteiger partial charge in [0.1, 0.15) is 5.54 Å². The van der Waals surface area contributed by atoms with E-state index in [9.17, 15) is 9.59 Å². The molecule has 0 saturated carbocycles. The molecule has 0 spiro atoms. The Labute approximate surface area is 128 Å². The van der Waals surface area contributed by atoms with Crippen LogP contribution in [0.1, 0.15) is 34.1 Å². The minimum Gasteiger partial charge on any atom is -0.465 e. The summed E-state index contributed by atoms with van der Waals surface area (Å²) in [6.07, 6.45) is 0.567. The van der Waals surface area contributed by atoms with Gasteiger partial charge in [-0.3, -0.25) is 9.36 Å². The second kappa shape index (κ2) is 7.65. The third kappa shape index (κ3) is 4.34. The Hall–Kier alpha value is -1.28. The van der Waals surface area contributed by atoms with E-state index in [4.69, 9.17) is 4.74 Å². The van der Waals surface area contributed by atoms with Crippen LogP contribution in [0.4, 0.5) is 0 Å². The monoisotopic (exact) mass is 316 g/mol. The van der Waals surface area contributed by atoms with Crippen molar-refractivity contribution in [2.45, 2.75) is 56.6 Å². The molecule has 0 radical (unpaired) electrons. The van der Waals surface area contributed by atoms with Gasteiger partial charge >= 0.3 is 11.7 Å². The van der Waals surface area contributed by atoms with E-state index in [1.165, 1.54) is 11.8 Å². The predicted octanol–water partition coefficient (Wildman–Crippen LogP) is 1.00. The quantitative estimate of drug-likeness (QED) is 0.549. The van der Waals surface area contributed by atoms with E-state index in [2.05, 4.69) is 15.5 Å². The van der Waals surface area contributed by atoms with E-state index < -0.39 is 5.54 Å². The van der Waals surface area contributed by atoms with Gasteiger partial charge in [0.25, 0.3) is 0 Å². The summed E-state index contributed by atoms with van der Waals surface area (Å²) in [5, 5.41) is 10.2. The standard InChI is InChI=1S/C13H24N4O3S/c1-6-17-11(19)15-16-12(17)21-9(3)8-13(4,14-5)10(18)20-7-2/h9,14H,6-8H2,1-5H3,(H,15,19). The Balaban J connectivity index is 2.77. The van der Waals surface area contributed by atoms with E-state index in [1.54, 1.807) is 18.5 Å². The first-order valence-corrected chi connectivity index (χ1v) is 7.93. The zero-order valence-electron chi connectivity index (χ0n) is 13.2. The van der Waals surface area contributed by atoms with Crippen LogP contribution >= 0.6 is 11.8 Å². The molecule has 2 N–H and O–H groups in total. The highest BCUT2D eigenvalue weighted by Gasteiger charge is 2.35. The summed E-state index contributed by atoms with van der Waals surface area (Å²) in [5.74, 6) is -0.269. The SMILES string of the molecule is CCOC(=O)C(C)(CC(C)Sc1n[nH]c(=O)n1CC)NC. The fraction of sp³-hybridized carbons (Fsp3) is 0.769. The second-order valence-corrected chi connectivity index (χ2v) is 6.40. The van der Waals surface area contributed by atoms with Gasteiger partial charge < -0.3 is 10.1 Å². The van der Waals surface area contributed by atoms with Crippen molar-refractivity contribution in [2.24, 2.45) is 0 Å². The lowest BCUT2D eigenvalue weighted by molar-refractivity contribution is -0.150. The molecule has 1 heterocycles. The molecule has 1 aromatic rings. The maximum absolute atomic E-state index is 12.0. The van der Waals surface area contributed by atoms with Crippen LogP contribution in [0.2, 0.25) is 0 Å². The molecule has 2 unspecified atom stereocenters. The van der Waals surface area contributed by atoms with Crippen LogP contribution in [0.5, 0.6) is 0 Å². The van der Waals surface area contributed by atoms with Crippen LogP contribution in [0, 0.1) is 0 Å². The van der Waals surface area contributed by atoms with Gasteiger partial charge in [0.15, 0.2) is 5.16 Å². The van der Waals surface area contributed by atoms with Crippen LogP contribution < -0.4 is 11.0 Å². The van der Waals surface area contributed by atoms with Gasteiger partial charge in [0.05, 0.1) is 6.61 Å². The van der Waals surface area contributed by atoms with Crippen molar-refractivity contribution in [3.8, 4) is 0 Å². The molecule has 0 aromatic carbocycles. The van der Waals surface area contributed by atoms with Crippen molar-refractivity contribution in [2.75, 3.05) is 13.7 Å². The van der Waals surface area contributed by atoms with Crippen molar-refractivity contribution in [1.82, 2.24) is 20.1 Å². The number of hydrogen-bond acceptors (Lipinski definition) is 6. The van der Waals surface area contributed by atoms with Gasteiger partial charge in [-0.15, -0.1) is 5.10 Å². The van der Waals surface area contributed by atoms with Gasteiger partial charge in [-0.25, -0.2) is 9.89 Å². The fourth-order valence-electron chi connectivity index (χ4n) is 2.05. The number of rotatable bonds is 8. The molecule has 8 heteroatoms. The highest BCUT2D eigenvalue weighted by atomic mass is 32.2. The normalized spacial score (nSPS) is 15.5. The Morgan fingerprint density at radius 2 is 2.24 bits per heavy atom. The van der Waals surface area contributed by atoms with E-state index in [-0.39, 0.29) is 16.9 Å². The number of ether oxygens (including phenoxy) is 1. The molecule has 120 valence electrons. The average molecular weight is 316 g/mol. The fourth-order valence-corrected chi connectivity index (χ4v) is 3.26. The number of H-pyrrole nitrogens is 1. The minimum atomic E-state index is -0.754. The highest BCUT2D eigenvalue weighted by Crippen LogP contribution is 2.27. The molecule has 0 aliphatic heterocycles. The van der Waals surface area contributed by atoms with Gasteiger partial charge in [0, 0.05) is 11.8 Å². The van der Waals surface area contributed by atoms with E-state index in [1.807, 2.05) is 20.8 Å². The van der Waals surface area contributed by atoms with Gasteiger partial charge in [-0.1, -0.05) is 18.7 Å². The summed E-state index contributed by atoms with van der Waals surface area (Å²) in [5.41, 5.74) is -0.968. The predicted molar refractivity (Wildman–Crippen MR) is 82.6 cm³/mol. The first-order chi connectivity index (χ1) is 9.87. The summed E-state index contributed by atoms with van der Waals surface area (Å²) >= 11 is 1.47. The number of hydrogen-bond donors (Lipinski definition) is 2. The van der Waals surface area contributed by atoms with Crippen molar-refractivity contribution >= 4 is 17.7 Å². The maximum atomic E-state index is 12.0. The van der Waals surface area contributed by atoms with Crippen LogP contribution in [0.25, 0.3) is 0 Å².